The van der Waals surface area contributed by atoms with Gasteiger partial charge >= 0.3 is 0 Å². The summed E-state index contributed by atoms with van der Waals surface area (Å²) in [5.74, 6) is 1.02. The van der Waals surface area contributed by atoms with Crippen LogP contribution >= 0.6 is 23.2 Å². The van der Waals surface area contributed by atoms with Crippen LogP contribution in [0.4, 0.5) is 0 Å². The molecular weight excluding hydrogens is 417 g/mol. The molecule has 0 saturated carbocycles. The molecule has 0 fully saturated rings. The third kappa shape index (κ3) is 3.29. The summed E-state index contributed by atoms with van der Waals surface area (Å²) in [4.78, 5) is 0.246. The summed E-state index contributed by atoms with van der Waals surface area (Å²) < 4.78 is 33.4. The monoisotopic (exact) mass is 433 g/mol. The summed E-state index contributed by atoms with van der Waals surface area (Å²) in [7, 11) is -3.67. The number of benzene rings is 2. The summed E-state index contributed by atoms with van der Waals surface area (Å²) in [5, 5.41) is 0.932. The number of hydrogen-bond acceptors (Lipinski definition) is 3. The number of rotatable bonds is 3. The average molecular weight is 434 g/mol. The molecule has 7 heteroatoms. The maximum atomic E-state index is 13.0. The van der Waals surface area contributed by atoms with Crippen molar-refractivity contribution in [2.24, 2.45) is 0 Å². The van der Waals surface area contributed by atoms with Gasteiger partial charge in [-0.3, -0.25) is 0 Å². The van der Waals surface area contributed by atoms with Gasteiger partial charge in [-0.05, 0) is 42.8 Å². The maximum absolute atomic E-state index is 13.0. The van der Waals surface area contributed by atoms with E-state index in [1.54, 1.807) is 42.5 Å². The van der Waals surface area contributed by atoms with Gasteiger partial charge in [0, 0.05) is 12.1 Å². The van der Waals surface area contributed by atoms with Gasteiger partial charge in [-0.25, -0.2) is 8.42 Å². The molecule has 2 aromatic carbocycles. The lowest BCUT2D eigenvalue weighted by molar-refractivity contribution is 0.382. The van der Waals surface area contributed by atoms with E-state index in [0.29, 0.717) is 32.7 Å². The minimum Gasteiger partial charge on any atom is -0.459 e. The van der Waals surface area contributed by atoms with Crippen molar-refractivity contribution in [3.05, 3.63) is 82.0 Å². The van der Waals surface area contributed by atoms with Crippen molar-refractivity contribution in [3.8, 4) is 11.3 Å². The van der Waals surface area contributed by atoms with Gasteiger partial charge in [0.15, 0.2) is 0 Å². The topological polar surface area (TPSA) is 50.5 Å². The third-order valence-electron chi connectivity index (χ3n) is 4.74. The van der Waals surface area contributed by atoms with Gasteiger partial charge in [0.2, 0.25) is 10.0 Å². The third-order valence-corrected chi connectivity index (χ3v) is 7.18. The van der Waals surface area contributed by atoms with Gasteiger partial charge in [-0.2, -0.15) is 4.31 Å². The van der Waals surface area contributed by atoms with E-state index < -0.39 is 10.0 Å². The fraction of sp³-hybridized carbons (Fsp3) is 0.143. The molecule has 0 spiro atoms. The molecule has 0 aliphatic carbocycles. The number of furan rings is 1. The van der Waals surface area contributed by atoms with Gasteiger partial charge in [0.25, 0.3) is 0 Å². The largest absolute Gasteiger partial charge is 0.459 e. The molecule has 0 radical (unpaired) electrons. The Balaban J connectivity index is 1.72. The first kappa shape index (κ1) is 19.3. The minimum absolute atomic E-state index is 0.118. The second-order valence-corrected chi connectivity index (χ2v) is 9.49. The van der Waals surface area contributed by atoms with Gasteiger partial charge in [0.05, 0.1) is 27.0 Å². The van der Waals surface area contributed by atoms with Crippen molar-refractivity contribution in [1.82, 2.24) is 4.31 Å². The lowest BCUT2D eigenvalue weighted by Gasteiger charge is -2.26. The van der Waals surface area contributed by atoms with Crippen LogP contribution in [0.2, 0.25) is 10.0 Å². The molecule has 4 rings (SSSR count). The van der Waals surface area contributed by atoms with Gasteiger partial charge in [-0.1, -0.05) is 53.5 Å². The first-order valence-corrected chi connectivity index (χ1v) is 10.8. The summed E-state index contributed by atoms with van der Waals surface area (Å²) in [6.07, 6.45) is 0. The lowest BCUT2D eigenvalue weighted by Crippen LogP contribution is -2.34. The van der Waals surface area contributed by atoms with Crippen molar-refractivity contribution < 1.29 is 12.8 Å². The first-order chi connectivity index (χ1) is 13.3. The average Bonchev–Trinajstić information content (AvgIpc) is 3.06. The molecule has 4 nitrogen and oxygen atoms in total. The smallest absolute Gasteiger partial charge is 0.243 e. The molecule has 3 aromatic rings. The fourth-order valence-electron chi connectivity index (χ4n) is 3.25. The fourth-order valence-corrected chi connectivity index (χ4v) is 5.22. The zero-order chi connectivity index (χ0) is 20.1. The normalized spacial score (nSPS) is 14.9. The van der Waals surface area contributed by atoms with Crippen LogP contribution in [0.3, 0.4) is 0 Å². The number of aryl methyl sites for hydroxylation is 1. The van der Waals surface area contributed by atoms with Crippen molar-refractivity contribution >= 4 is 38.8 Å². The Morgan fingerprint density at radius 1 is 1.04 bits per heavy atom. The van der Waals surface area contributed by atoms with Crippen molar-refractivity contribution in [1.29, 1.82) is 0 Å². The predicted octanol–water partition coefficient (Wildman–Crippen LogP) is 5.78. The SMILES string of the molecule is C=C1CN(S(=O)(=O)c2ccc(C)cc2)Cc2oc(-c3c(Cl)cccc3Cl)cc21. The van der Waals surface area contributed by atoms with Gasteiger partial charge in [-0.15, -0.1) is 0 Å². The molecule has 144 valence electrons. The van der Waals surface area contributed by atoms with E-state index in [4.69, 9.17) is 27.6 Å². The molecule has 1 aromatic heterocycles. The quantitative estimate of drug-likeness (QED) is 0.525. The molecule has 2 heterocycles. The van der Waals surface area contributed by atoms with E-state index in [2.05, 4.69) is 6.58 Å². The number of nitrogens with zero attached hydrogens (tertiary/aromatic N) is 1. The number of hydrogen-bond donors (Lipinski definition) is 0. The number of fused-ring (bicyclic) bond motifs is 1. The molecule has 0 saturated heterocycles. The molecule has 0 unspecified atom stereocenters. The zero-order valence-electron chi connectivity index (χ0n) is 15.1. The van der Waals surface area contributed by atoms with Crippen LogP contribution in [-0.4, -0.2) is 19.3 Å². The highest BCUT2D eigenvalue weighted by molar-refractivity contribution is 7.89. The molecule has 1 aliphatic rings. The molecule has 28 heavy (non-hydrogen) atoms. The van der Waals surface area contributed by atoms with E-state index in [-0.39, 0.29) is 18.0 Å². The first-order valence-electron chi connectivity index (χ1n) is 8.59. The number of halogens is 2. The highest BCUT2D eigenvalue weighted by Gasteiger charge is 2.33. The Morgan fingerprint density at radius 2 is 1.68 bits per heavy atom. The van der Waals surface area contributed by atoms with Crippen LogP contribution in [0.25, 0.3) is 16.9 Å². The molecule has 0 N–H and O–H groups in total. The van der Waals surface area contributed by atoms with E-state index in [0.717, 1.165) is 11.1 Å². The zero-order valence-corrected chi connectivity index (χ0v) is 17.4. The van der Waals surface area contributed by atoms with Crippen LogP contribution in [0.5, 0.6) is 0 Å². The van der Waals surface area contributed by atoms with Gasteiger partial charge in [0.1, 0.15) is 11.5 Å². The van der Waals surface area contributed by atoms with Crippen molar-refractivity contribution in [2.45, 2.75) is 18.4 Å². The Labute approximate surface area is 174 Å². The lowest BCUT2D eigenvalue weighted by atomic mass is 10.0. The molecule has 0 atom stereocenters. The van der Waals surface area contributed by atoms with Crippen LogP contribution in [0, 0.1) is 6.92 Å². The Morgan fingerprint density at radius 3 is 2.32 bits per heavy atom. The van der Waals surface area contributed by atoms with Crippen LogP contribution in [0.15, 0.2) is 64.4 Å². The summed E-state index contributed by atoms with van der Waals surface area (Å²) in [5.41, 5.74) is 3.04. The Kier molecular flexibility index (Phi) is 4.88. The molecule has 0 bridgehead atoms. The Bertz CT molecular complexity index is 1160. The predicted molar refractivity (Wildman–Crippen MR) is 112 cm³/mol. The molecule has 1 aliphatic heterocycles. The molecule has 0 amide bonds. The van der Waals surface area contributed by atoms with Crippen molar-refractivity contribution in [3.63, 3.8) is 0 Å². The highest BCUT2D eigenvalue weighted by Crippen LogP contribution is 2.40. The Hall–Kier alpha value is -2.05. The minimum atomic E-state index is -3.67. The summed E-state index contributed by atoms with van der Waals surface area (Å²) in [6, 6.07) is 13.8. The van der Waals surface area contributed by atoms with Crippen LogP contribution in [0.1, 0.15) is 16.9 Å². The van der Waals surface area contributed by atoms with Crippen LogP contribution < -0.4 is 0 Å². The number of sulfonamides is 1. The summed E-state index contributed by atoms with van der Waals surface area (Å²) in [6.45, 7) is 6.27. The maximum Gasteiger partial charge on any atom is 0.243 e. The van der Waals surface area contributed by atoms with E-state index >= 15 is 0 Å². The van der Waals surface area contributed by atoms with Crippen molar-refractivity contribution in [2.75, 3.05) is 6.54 Å². The second kappa shape index (κ2) is 7.08. The summed E-state index contributed by atoms with van der Waals surface area (Å²) >= 11 is 12.6. The van der Waals surface area contributed by atoms with E-state index in [1.165, 1.54) is 4.31 Å². The molecular formula is C21H17Cl2NO3S. The second-order valence-electron chi connectivity index (χ2n) is 6.73. The highest BCUT2D eigenvalue weighted by atomic mass is 35.5. The standard InChI is InChI=1S/C21H17Cl2NO3S/c1-13-6-8-15(9-7-13)28(25,26)24-11-14(2)16-10-19(27-20(16)12-24)21-17(22)4-3-5-18(21)23/h3-10H,2,11-12H2,1H3. The van der Waals surface area contributed by atoms with E-state index in [9.17, 15) is 8.42 Å². The van der Waals surface area contributed by atoms with Crippen LogP contribution in [-0.2, 0) is 16.6 Å². The van der Waals surface area contributed by atoms with Gasteiger partial charge < -0.3 is 4.42 Å². The van der Waals surface area contributed by atoms with E-state index in [1.807, 2.05) is 13.0 Å².